The molecule has 2 N–H and O–H groups in total. The zero-order chi connectivity index (χ0) is 14.9. The van der Waals surface area contributed by atoms with E-state index >= 15 is 0 Å². The van der Waals surface area contributed by atoms with Gasteiger partial charge in [-0.2, -0.15) is 0 Å². The lowest BCUT2D eigenvalue weighted by Crippen LogP contribution is -2.30. The van der Waals surface area contributed by atoms with Crippen molar-refractivity contribution in [2.45, 2.75) is 17.5 Å². The molecule has 0 bridgehead atoms. The quantitative estimate of drug-likeness (QED) is 0.881. The summed E-state index contributed by atoms with van der Waals surface area (Å²) in [5.41, 5.74) is 0.881. The van der Waals surface area contributed by atoms with E-state index < -0.39 is 10.0 Å². The molecule has 1 aliphatic rings. The summed E-state index contributed by atoms with van der Waals surface area (Å²) in [4.78, 5) is 1.14. The van der Waals surface area contributed by atoms with Gasteiger partial charge in [-0.1, -0.05) is 18.2 Å². The Hall–Kier alpha value is -1.41. The number of thiophene rings is 1. The molecule has 21 heavy (non-hydrogen) atoms. The molecule has 0 fully saturated rings. The highest BCUT2D eigenvalue weighted by atomic mass is 32.2. The summed E-state index contributed by atoms with van der Waals surface area (Å²) in [6, 6.07) is 8.79. The number of fused-ring (bicyclic) bond motifs is 1. The lowest BCUT2D eigenvalue weighted by Gasteiger charge is -2.12. The lowest BCUT2D eigenvalue weighted by molar-refractivity contribution is 0.325. The van der Waals surface area contributed by atoms with E-state index in [0.717, 1.165) is 16.2 Å². The second-order valence-corrected chi connectivity index (χ2v) is 7.44. The van der Waals surface area contributed by atoms with Gasteiger partial charge in [-0.15, -0.1) is 11.3 Å². The van der Waals surface area contributed by atoms with Crippen LogP contribution in [0.25, 0.3) is 0 Å². The fourth-order valence-corrected chi connectivity index (χ4v) is 5.02. The topological polar surface area (TPSA) is 67.4 Å². The summed E-state index contributed by atoms with van der Waals surface area (Å²) in [6.07, 6.45) is 0. The summed E-state index contributed by atoms with van der Waals surface area (Å²) in [7, 11) is -1.76. The van der Waals surface area contributed by atoms with Gasteiger partial charge in [-0.05, 0) is 24.6 Å². The Morgan fingerprint density at radius 2 is 2.14 bits per heavy atom. The predicted octanol–water partition coefficient (Wildman–Crippen LogP) is 1.88. The minimum absolute atomic E-state index is 0.323. The predicted molar refractivity (Wildman–Crippen MR) is 82.1 cm³/mol. The van der Waals surface area contributed by atoms with Gasteiger partial charge in [0.15, 0.2) is 0 Å². The first kappa shape index (κ1) is 14.5. The molecule has 0 saturated carbocycles. The van der Waals surface area contributed by atoms with Crippen molar-refractivity contribution < 1.29 is 13.2 Å². The maximum atomic E-state index is 12.6. The number of rotatable bonds is 5. The van der Waals surface area contributed by atoms with Gasteiger partial charge in [-0.3, -0.25) is 0 Å². The van der Waals surface area contributed by atoms with Crippen LogP contribution in [0.1, 0.15) is 16.5 Å². The third-order valence-corrected chi connectivity index (χ3v) is 5.94. The van der Waals surface area contributed by atoms with Crippen molar-refractivity contribution in [1.29, 1.82) is 0 Å². The molecule has 0 amide bonds. The molecule has 2 aromatic rings. The molecule has 5 nitrogen and oxygen atoms in total. The van der Waals surface area contributed by atoms with E-state index in [1.54, 1.807) is 18.5 Å². The van der Waals surface area contributed by atoms with Gasteiger partial charge in [0.1, 0.15) is 12.4 Å². The second-order valence-electron chi connectivity index (χ2n) is 4.76. The van der Waals surface area contributed by atoms with Crippen molar-refractivity contribution in [3.8, 4) is 5.75 Å². The van der Waals surface area contributed by atoms with Gasteiger partial charge >= 0.3 is 0 Å². The zero-order valence-corrected chi connectivity index (χ0v) is 13.1. The SMILES string of the molecule is CNCc1sccc1S(=O)(=O)NC1COc2ccccc21. The first-order valence-electron chi connectivity index (χ1n) is 6.57. The smallest absolute Gasteiger partial charge is 0.242 e. The molecule has 1 atom stereocenters. The van der Waals surface area contributed by atoms with Gasteiger partial charge in [0.2, 0.25) is 10.0 Å². The largest absolute Gasteiger partial charge is 0.491 e. The highest BCUT2D eigenvalue weighted by molar-refractivity contribution is 7.89. The van der Waals surface area contributed by atoms with Crippen molar-refractivity contribution in [2.24, 2.45) is 0 Å². The maximum Gasteiger partial charge on any atom is 0.242 e. The number of ether oxygens (including phenoxy) is 1. The molecule has 0 saturated heterocycles. The fraction of sp³-hybridized carbons (Fsp3) is 0.286. The van der Waals surface area contributed by atoms with Crippen LogP contribution in [0.4, 0.5) is 0 Å². The van der Waals surface area contributed by atoms with Crippen LogP contribution in [0.15, 0.2) is 40.6 Å². The van der Waals surface area contributed by atoms with Crippen molar-refractivity contribution >= 4 is 21.4 Å². The number of nitrogens with one attached hydrogen (secondary N) is 2. The molecular formula is C14H16N2O3S2. The summed E-state index contributed by atoms with van der Waals surface area (Å²) in [5, 5.41) is 4.78. The normalized spacial score (nSPS) is 17.5. The molecule has 0 aliphatic carbocycles. The van der Waals surface area contributed by atoms with Crippen molar-refractivity contribution in [2.75, 3.05) is 13.7 Å². The Bertz CT molecular complexity index is 740. The summed E-state index contributed by atoms with van der Waals surface area (Å²) in [6.45, 7) is 0.857. The van der Waals surface area contributed by atoms with Crippen LogP contribution in [0.3, 0.4) is 0 Å². The Morgan fingerprint density at radius 1 is 1.33 bits per heavy atom. The Kier molecular flexibility index (Phi) is 3.99. The molecule has 0 spiro atoms. The molecule has 2 heterocycles. The first-order chi connectivity index (χ1) is 10.1. The van der Waals surface area contributed by atoms with Crippen LogP contribution in [0.5, 0.6) is 5.75 Å². The van der Waals surface area contributed by atoms with Crippen molar-refractivity contribution in [1.82, 2.24) is 10.0 Å². The number of hydrogen-bond acceptors (Lipinski definition) is 5. The lowest BCUT2D eigenvalue weighted by atomic mass is 10.1. The van der Waals surface area contributed by atoms with Crippen molar-refractivity contribution in [3.05, 3.63) is 46.2 Å². The first-order valence-corrected chi connectivity index (χ1v) is 8.93. The number of benzene rings is 1. The van der Waals surface area contributed by atoms with Gasteiger partial charge in [0.05, 0.1) is 10.9 Å². The van der Waals surface area contributed by atoms with Crippen LogP contribution in [0, 0.1) is 0 Å². The average molecular weight is 324 g/mol. The molecule has 1 aliphatic heterocycles. The van der Waals surface area contributed by atoms with Crippen molar-refractivity contribution in [3.63, 3.8) is 0 Å². The van der Waals surface area contributed by atoms with Gasteiger partial charge in [0, 0.05) is 17.0 Å². The van der Waals surface area contributed by atoms with Crippen LogP contribution in [-0.4, -0.2) is 22.1 Å². The third-order valence-electron chi connectivity index (χ3n) is 3.33. The van der Waals surface area contributed by atoms with E-state index in [-0.39, 0.29) is 6.04 Å². The Labute approximate surface area is 128 Å². The van der Waals surface area contributed by atoms with Crippen LogP contribution in [-0.2, 0) is 16.6 Å². The molecule has 1 aromatic heterocycles. The van der Waals surface area contributed by atoms with E-state index in [2.05, 4.69) is 10.0 Å². The average Bonchev–Trinajstić information content (AvgIpc) is 3.07. The fourth-order valence-electron chi connectivity index (χ4n) is 2.37. The number of para-hydroxylation sites is 1. The van der Waals surface area contributed by atoms with E-state index in [4.69, 9.17) is 4.74 Å². The molecule has 1 aromatic carbocycles. The molecule has 3 rings (SSSR count). The number of sulfonamides is 1. The molecule has 7 heteroatoms. The Balaban J connectivity index is 1.86. The minimum Gasteiger partial charge on any atom is -0.491 e. The van der Waals surface area contributed by atoms with Gasteiger partial charge in [-0.25, -0.2) is 13.1 Å². The second kappa shape index (κ2) is 5.76. The third kappa shape index (κ3) is 2.82. The van der Waals surface area contributed by atoms with E-state index in [9.17, 15) is 8.42 Å². The zero-order valence-electron chi connectivity index (χ0n) is 11.5. The van der Waals surface area contributed by atoms with E-state index in [1.807, 2.05) is 24.3 Å². The van der Waals surface area contributed by atoms with Crippen LogP contribution < -0.4 is 14.8 Å². The summed E-state index contributed by atoms with van der Waals surface area (Å²) < 4.78 is 33.4. The molecule has 112 valence electrons. The highest BCUT2D eigenvalue weighted by Crippen LogP contribution is 2.33. The van der Waals surface area contributed by atoms with E-state index in [1.165, 1.54) is 11.3 Å². The molecule has 1 unspecified atom stereocenters. The summed E-state index contributed by atoms with van der Waals surface area (Å²) >= 11 is 1.43. The summed E-state index contributed by atoms with van der Waals surface area (Å²) in [5.74, 6) is 0.742. The van der Waals surface area contributed by atoms with Crippen LogP contribution >= 0.6 is 11.3 Å². The number of hydrogen-bond donors (Lipinski definition) is 2. The maximum absolute atomic E-state index is 12.6. The highest BCUT2D eigenvalue weighted by Gasteiger charge is 2.29. The molecular weight excluding hydrogens is 308 g/mol. The van der Waals surface area contributed by atoms with Gasteiger partial charge in [0.25, 0.3) is 0 Å². The van der Waals surface area contributed by atoms with Crippen LogP contribution in [0.2, 0.25) is 0 Å². The van der Waals surface area contributed by atoms with Gasteiger partial charge < -0.3 is 10.1 Å². The standard InChI is InChI=1S/C14H16N2O3S2/c1-15-8-13-14(6-7-20-13)21(17,18)16-11-9-19-12-5-3-2-4-10(11)12/h2-7,11,15-16H,8-9H2,1H3. The van der Waals surface area contributed by atoms with E-state index in [0.29, 0.717) is 18.0 Å². The Morgan fingerprint density at radius 3 is 2.95 bits per heavy atom. The monoisotopic (exact) mass is 324 g/mol. The minimum atomic E-state index is -3.56. The molecule has 0 radical (unpaired) electrons.